The molecule has 1 aliphatic heterocycles. The Bertz CT molecular complexity index is 929. The smallest absolute Gasteiger partial charge is 0.387 e. The predicted molar refractivity (Wildman–Crippen MR) is 107 cm³/mol. The SMILES string of the molecule is CCN1CCN(C(=O)Cn2cc(C(N)=O)c(-c3cc(Cl)ccc3OC(F)F)n2)CC1. The summed E-state index contributed by atoms with van der Waals surface area (Å²) in [6, 6.07) is 3.99. The van der Waals surface area contributed by atoms with Crippen molar-refractivity contribution in [3.63, 3.8) is 0 Å². The number of likely N-dealkylation sites (N-methyl/N-ethyl adjacent to an activating group) is 1. The number of rotatable bonds is 7. The van der Waals surface area contributed by atoms with Crippen molar-refractivity contribution in [3.05, 3.63) is 35.0 Å². The van der Waals surface area contributed by atoms with Gasteiger partial charge in [0.15, 0.2) is 0 Å². The van der Waals surface area contributed by atoms with E-state index >= 15 is 0 Å². The third kappa shape index (κ3) is 5.06. The number of carbonyl (C=O) groups excluding carboxylic acids is 2. The van der Waals surface area contributed by atoms with Crippen LogP contribution in [0.15, 0.2) is 24.4 Å². The molecule has 3 rings (SSSR count). The number of nitrogens with zero attached hydrogens (tertiary/aromatic N) is 4. The van der Waals surface area contributed by atoms with E-state index in [1.54, 1.807) is 4.90 Å². The molecule has 8 nitrogen and oxygen atoms in total. The van der Waals surface area contributed by atoms with Crippen LogP contribution in [0.2, 0.25) is 5.02 Å². The number of carbonyl (C=O) groups is 2. The number of primary amides is 1. The molecule has 1 aromatic carbocycles. The number of ether oxygens (including phenoxy) is 1. The molecule has 1 fully saturated rings. The van der Waals surface area contributed by atoms with E-state index in [1.165, 1.54) is 29.1 Å². The second-order valence-corrected chi connectivity index (χ2v) is 7.22. The lowest BCUT2D eigenvalue weighted by Gasteiger charge is -2.34. The number of benzene rings is 1. The Morgan fingerprint density at radius 2 is 1.97 bits per heavy atom. The molecule has 2 heterocycles. The summed E-state index contributed by atoms with van der Waals surface area (Å²) >= 11 is 5.99. The van der Waals surface area contributed by atoms with Gasteiger partial charge >= 0.3 is 6.61 Å². The number of halogens is 3. The molecule has 0 saturated carbocycles. The first kappa shape index (κ1) is 22.0. The normalized spacial score (nSPS) is 14.9. The van der Waals surface area contributed by atoms with Gasteiger partial charge in [0.25, 0.3) is 5.91 Å². The Hall–Kier alpha value is -2.72. The minimum atomic E-state index is -3.08. The van der Waals surface area contributed by atoms with Crippen molar-refractivity contribution >= 4 is 23.4 Å². The van der Waals surface area contributed by atoms with Crippen LogP contribution < -0.4 is 10.5 Å². The average molecular weight is 442 g/mol. The summed E-state index contributed by atoms with van der Waals surface area (Å²) < 4.78 is 31.4. The van der Waals surface area contributed by atoms with Crippen LogP contribution in [0.3, 0.4) is 0 Å². The minimum absolute atomic E-state index is 0.0178. The maximum absolute atomic E-state index is 12.8. The molecule has 0 unspecified atom stereocenters. The van der Waals surface area contributed by atoms with Crippen molar-refractivity contribution in [1.82, 2.24) is 19.6 Å². The zero-order chi connectivity index (χ0) is 21.8. The van der Waals surface area contributed by atoms with Gasteiger partial charge in [-0.05, 0) is 24.7 Å². The van der Waals surface area contributed by atoms with Crippen LogP contribution in [0.1, 0.15) is 17.3 Å². The summed E-state index contributed by atoms with van der Waals surface area (Å²) in [6.45, 7) is 2.58. The topological polar surface area (TPSA) is 93.7 Å². The molecule has 11 heteroatoms. The Kier molecular flexibility index (Phi) is 6.88. The van der Waals surface area contributed by atoms with Crippen LogP contribution in [0, 0.1) is 0 Å². The van der Waals surface area contributed by atoms with Gasteiger partial charge in [-0.1, -0.05) is 18.5 Å². The van der Waals surface area contributed by atoms with E-state index in [1.807, 2.05) is 0 Å². The van der Waals surface area contributed by atoms with Crippen LogP contribution in [0.25, 0.3) is 11.3 Å². The van der Waals surface area contributed by atoms with Gasteiger partial charge in [-0.2, -0.15) is 13.9 Å². The number of hydrogen-bond acceptors (Lipinski definition) is 5. The van der Waals surface area contributed by atoms with Crippen LogP contribution >= 0.6 is 11.6 Å². The van der Waals surface area contributed by atoms with E-state index in [-0.39, 0.29) is 40.0 Å². The quantitative estimate of drug-likeness (QED) is 0.710. The van der Waals surface area contributed by atoms with Gasteiger partial charge < -0.3 is 20.3 Å². The number of hydrogen-bond donors (Lipinski definition) is 1. The number of amides is 2. The Balaban J connectivity index is 1.87. The lowest BCUT2D eigenvalue weighted by atomic mass is 10.1. The van der Waals surface area contributed by atoms with Crippen molar-refractivity contribution in [2.75, 3.05) is 32.7 Å². The zero-order valence-corrected chi connectivity index (χ0v) is 17.1. The number of piperazine rings is 1. The van der Waals surface area contributed by atoms with Crippen molar-refractivity contribution in [2.45, 2.75) is 20.1 Å². The van der Waals surface area contributed by atoms with Crippen LogP contribution in [-0.2, 0) is 11.3 Å². The maximum Gasteiger partial charge on any atom is 0.387 e. The molecule has 0 atom stereocenters. The van der Waals surface area contributed by atoms with Crippen LogP contribution in [-0.4, -0.2) is 70.7 Å². The van der Waals surface area contributed by atoms with E-state index in [2.05, 4.69) is 21.7 Å². The highest BCUT2D eigenvalue weighted by atomic mass is 35.5. The first-order chi connectivity index (χ1) is 14.3. The standard InChI is InChI=1S/C19H22ClF2N5O3/c1-2-25-5-7-26(8-6-25)16(28)11-27-10-14(18(23)29)17(24-27)13-9-12(20)3-4-15(13)30-19(21)22/h3-4,9-10,19H,2,5-8,11H2,1H3,(H2,23,29). The molecule has 2 N–H and O–H groups in total. The fraction of sp³-hybridized carbons (Fsp3) is 0.421. The molecule has 1 saturated heterocycles. The largest absolute Gasteiger partial charge is 0.434 e. The van der Waals surface area contributed by atoms with Gasteiger partial charge in [0.2, 0.25) is 5.91 Å². The second-order valence-electron chi connectivity index (χ2n) is 6.79. The molecule has 30 heavy (non-hydrogen) atoms. The number of nitrogens with two attached hydrogens (primary N) is 1. The molecule has 0 aliphatic carbocycles. The molecular formula is C19H22ClF2N5O3. The molecule has 162 valence electrons. The number of aromatic nitrogens is 2. The zero-order valence-electron chi connectivity index (χ0n) is 16.4. The Morgan fingerprint density at radius 3 is 2.57 bits per heavy atom. The van der Waals surface area contributed by atoms with E-state index < -0.39 is 12.5 Å². The highest BCUT2D eigenvalue weighted by Crippen LogP contribution is 2.34. The lowest BCUT2D eigenvalue weighted by Crippen LogP contribution is -2.49. The average Bonchev–Trinajstić information content (AvgIpc) is 3.13. The lowest BCUT2D eigenvalue weighted by molar-refractivity contribution is -0.133. The third-order valence-corrected chi connectivity index (χ3v) is 5.14. The molecule has 2 amide bonds. The fourth-order valence-corrected chi connectivity index (χ4v) is 3.49. The van der Waals surface area contributed by atoms with Gasteiger partial charge in [-0.25, -0.2) is 0 Å². The van der Waals surface area contributed by atoms with Gasteiger partial charge in [0.05, 0.1) is 5.56 Å². The first-order valence-electron chi connectivity index (χ1n) is 9.40. The molecule has 0 radical (unpaired) electrons. The summed E-state index contributed by atoms with van der Waals surface area (Å²) in [6.07, 6.45) is 1.32. The molecule has 2 aromatic rings. The maximum atomic E-state index is 12.8. The number of alkyl halides is 2. The van der Waals surface area contributed by atoms with Crippen molar-refractivity contribution in [3.8, 4) is 17.0 Å². The van der Waals surface area contributed by atoms with Gasteiger partial charge in [0, 0.05) is 43.0 Å². The Morgan fingerprint density at radius 1 is 1.27 bits per heavy atom. The van der Waals surface area contributed by atoms with Crippen LogP contribution in [0.5, 0.6) is 5.75 Å². The molecule has 0 bridgehead atoms. The molecule has 1 aromatic heterocycles. The summed E-state index contributed by atoms with van der Waals surface area (Å²) in [7, 11) is 0. The van der Waals surface area contributed by atoms with E-state index in [0.717, 1.165) is 19.6 Å². The first-order valence-corrected chi connectivity index (χ1v) is 9.78. The highest BCUT2D eigenvalue weighted by molar-refractivity contribution is 6.31. The summed E-state index contributed by atoms with van der Waals surface area (Å²) in [5.41, 5.74) is 5.52. The fourth-order valence-electron chi connectivity index (χ4n) is 3.32. The van der Waals surface area contributed by atoms with E-state index in [4.69, 9.17) is 17.3 Å². The van der Waals surface area contributed by atoms with Crippen molar-refractivity contribution in [1.29, 1.82) is 0 Å². The second kappa shape index (κ2) is 9.40. The molecule has 0 spiro atoms. The van der Waals surface area contributed by atoms with Gasteiger partial charge in [-0.3, -0.25) is 14.3 Å². The summed E-state index contributed by atoms with van der Waals surface area (Å²) in [5, 5.41) is 4.49. The Labute approximate surface area is 177 Å². The predicted octanol–water partition coefficient (Wildman–Crippen LogP) is 2.07. The molecular weight excluding hydrogens is 420 g/mol. The van der Waals surface area contributed by atoms with Gasteiger partial charge in [-0.15, -0.1) is 0 Å². The minimum Gasteiger partial charge on any atom is -0.434 e. The van der Waals surface area contributed by atoms with Gasteiger partial charge in [0.1, 0.15) is 18.0 Å². The monoisotopic (exact) mass is 441 g/mol. The van der Waals surface area contributed by atoms with E-state index in [9.17, 15) is 18.4 Å². The van der Waals surface area contributed by atoms with Crippen LogP contribution in [0.4, 0.5) is 8.78 Å². The molecule has 1 aliphatic rings. The van der Waals surface area contributed by atoms with E-state index in [0.29, 0.717) is 13.1 Å². The third-order valence-electron chi connectivity index (χ3n) is 4.91. The van der Waals surface area contributed by atoms with Crippen molar-refractivity contribution < 1.29 is 23.1 Å². The summed E-state index contributed by atoms with van der Waals surface area (Å²) in [5.74, 6) is -1.18. The van der Waals surface area contributed by atoms with Crippen molar-refractivity contribution in [2.24, 2.45) is 5.73 Å². The highest BCUT2D eigenvalue weighted by Gasteiger charge is 2.24. The summed E-state index contributed by atoms with van der Waals surface area (Å²) in [4.78, 5) is 28.5.